The van der Waals surface area contributed by atoms with Crippen molar-refractivity contribution in [3.8, 4) is 0 Å². The van der Waals surface area contributed by atoms with Gasteiger partial charge in [0.25, 0.3) is 0 Å². The standard InChI is InChI=1S/C17H28N4O3/c22-15(21-10-8-20(9-11-21)14-6-7-14)12-18-16(23)17(24)19-13-4-2-1-3-5-13/h13-14H,1-12H2,(H,18,23)(H,19,24). The van der Waals surface area contributed by atoms with E-state index in [0.717, 1.165) is 44.8 Å². The quantitative estimate of drug-likeness (QED) is 0.700. The van der Waals surface area contributed by atoms with Gasteiger partial charge in [0.15, 0.2) is 0 Å². The van der Waals surface area contributed by atoms with Crippen molar-refractivity contribution >= 4 is 17.7 Å². The van der Waals surface area contributed by atoms with Gasteiger partial charge in [-0.05, 0) is 25.7 Å². The van der Waals surface area contributed by atoms with E-state index >= 15 is 0 Å². The summed E-state index contributed by atoms with van der Waals surface area (Å²) in [7, 11) is 0. The molecule has 7 nitrogen and oxygen atoms in total. The molecule has 0 aromatic rings. The van der Waals surface area contributed by atoms with E-state index in [1.165, 1.54) is 19.3 Å². The molecule has 3 aliphatic rings. The zero-order chi connectivity index (χ0) is 16.9. The molecule has 1 heterocycles. The molecule has 2 N–H and O–H groups in total. The summed E-state index contributed by atoms with van der Waals surface area (Å²) in [5, 5.41) is 5.22. The second kappa shape index (κ2) is 7.96. The van der Waals surface area contributed by atoms with Gasteiger partial charge in [0, 0.05) is 38.3 Å². The lowest BCUT2D eigenvalue weighted by molar-refractivity contribution is -0.141. The molecule has 0 bridgehead atoms. The maximum atomic E-state index is 12.2. The van der Waals surface area contributed by atoms with Crippen LogP contribution in [-0.4, -0.2) is 72.3 Å². The van der Waals surface area contributed by atoms with Crippen molar-refractivity contribution in [2.45, 2.75) is 57.0 Å². The van der Waals surface area contributed by atoms with Gasteiger partial charge in [-0.3, -0.25) is 19.3 Å². The molecule has 3 fully saturated rings. The number of carbonyl (C=O) groups excluding carboxylic acids is 3. The van der Waals surface area contributed by atoms with Gasteiger partial charge in [0.2, 0.25) is 5.91 Å². The third kappa shape index (κ3) is 4.69. The van der Waals surface area contributed by atoms with Crippen molar-refractivity contribution in [1.29, 1.82) is 0 Å². The van der Waals surface area contributed by atoms with Gasteiger partial charge in [-0.15, -0.1) is 0 Å². The van der Waals surface area contributed by atoms with Gasteiger partial charge in [0.05, 0.1) is 6.54 Å². The number of amides is 3. The number of piperazine rings is 1. The number of nitrogens with zero attached hydrogens (tertiary/aromatic N) is 2. The molecule has 134 valence electrons. The van der Waals surface area contributed by atoms with Crippen molar-refractivity contribution in [2.75, 3.05) is 32.7 Å². The van der Waals surface area contributed by atoms with E-state index in [1.807, 2.05) is 0 Å². The Balaban J connectivity index is 1.34. The second-order valence-electron chi connectivity index (χ2n) is 7.14. The van der Waals surface area contributed by atoms with Crippen molar-refractivity contribution in [1.82, 2.24) is 20.4 Å². The highest BCUT2D eigenvalue weighted by atomic mass is 16.2. The van der Waals surface area contributed by atoms with E-state index in [2.05, 4.69) is 15.5 Å². The predicted molar refractivity (Wildman–Crippen MR) is 89.2 cm³/mol. The molecule has 3 rings (SSSR count). The predicted octanol–water partition coefficient (Wildman–Crippen LogP) is -0.142. The number of hydrogen-bond acceptors (Lipinski definition) is 4. The molecular formula is C17H28N4O3. The molecule has 0 radical (unpaired) electrons. The van der Waals surface area contributed by atoms with Crippen LogP contribution in [0.2, 0.25) is 0 Å². The molecular weight excluding hydrogens is 308 g/mol. The number of nitrogens with one attached hydrogen (secondary N) is 2. The van der Waals surface area contributed by atoms with Crippen LogP contribution in [-0.2, 0) is 14.4 Å². The van der Waals surface area contributed by atoms with Gasteiger partial charge >= 0.3 is 11.8 Å². The lowest BCUT2D eigenvalue weighted by Gasteiger charge is -2.34. The Morgan fingerprint density at radius 2 is 1.50 bits per heavy atom. The highest BCUT2D eigenvalue weighted by Gasteiger charge is 2.32. The van der Waals surface area contributed by atoms with Crippen LogP contribution in [0.1, 0.15) is 44.9 Å². The molecule has 0 spiro atoms. The van der Waals surface area contributed by atoms with Crippen LogP contribution in [0.3, 0.4) is 0 Å². The van der Waals surface area contributed by atoms with E-state index < -0.39 is 11.8 Å². The maximum absolute atomic E-state index is 12.2. The molecule has 3 amide bonds. The average Bonchev–Trinajstić information content (AvgIpc) is 3.45. The molecule has 7 heteroatoms. The smallest absolute Gasteiger partial charge is 0.309 e. The zero-order valence-electron chi connectivity index (χ0n) is 14.3. The Morgan fingerprint density at radius 3 is 2.12 bits per heavy atom. The fourth-order valence-electron chi connectivity index (χ4n) is 3.62. The minimum absolute atomic E-state index is 0.0969. The van der Waals surface area contributed by atoms with Gasteiger partial charge in [-0.1, -0.05) is 19.3 Å². The fraction of sp³-hybridized carbons (Fsp3) is 0.824. The molecule has 2 saturated carbocycles. The van der Waals surface area contributed by atoms with Crippen LogP contribution in [0, 0.1) is 0 Å². The number of hydrogen-bond donors (Lipinski definition) is 2. The van der Waals surface area contributed by atoms with Crippen molar-refractivity contribution in [2.24, 2.45) is 0 Å². The molecule has 1 aliphatic heterocycles. The van der Waals surface area contributed by atoms with Crippen LogP contribution in [0.5, 0.6) is 0 Å². The molecule has 0 unspecified atom stereocenters. The van der Waals surface area contributed by atoms with Crippen LogP contribution in [0.15, 0.2) is 0 Å². The largest absolute Gasteiger partial charge is 0.345 e. The van der Waals surface area contributed by atoms with Crippen LogP contribution in [0.4, 0.5) is 0 Å². The van der Waals surface area contributed by atoms with Crippen LogP contribution >= 0.6 is 0 Å². The van der Waals surface area contributed by atoms with Gasteiger partial charge in [-0.2, -0.15) is 0 Å². The van der Waals surface area contributed by atoms with E-state index in [-0.39, 0.29) is 18.5 Å². The number of carbonyl (C=O) groups is 3. The third-order valence-electron chi connectivity index (χ3n) is 5.28. The first-order valence-corrected chi connectivity index (χ1v) is 9.24. The topological polar surface area (TPSA) is 81.8 Å². The normalized spacial score (nSPS) is 22.9. The van der Waals surface area contributed by atoms with Gasteiger partial charge in [-0.25, -0.2) is 0 Å². The molecule has 0 aromatic carbocycles. The Morgan fingerprint density at radius 1 is 0.833 bits per heavy atom. The zero-order valence-corrected chi connectivity index (χ0v) is 14.3. The van der Waals surface area contributed by atoms with Crippen LogP contribution in [0.25, 0.3) is 0 Å². The third-order valence-corrected chi connectivity index (χ3v) is 5.28. The highest BCUT2D eigenvalue weighted by Crippen LogP contribution is 2.27. The Hall–Kier alpha value is -1.63. The molecule has 1 saturated heterocycles. The summed E-state index contributed by atoms with van der Waals surface area (Å²) in [4.78, 5) is 40.1. The average molecular weight is 336 g/mol. The Bertz CT molecular complexity index is 478. The lowest BCUT2D eigenvalue weighted by Crippen LogP contribution is -2.53. The summed E-state index contributed by atoms with van der Waals surface area (Å²) in [5.74, 6) is -1.43. The van der Waals surface area contributed by atoms with Crippen molar-refractivity contribution in [3.05, 3.63) is 0 Å². The summed E-state index contributed by atoms with van der Waals surface area (Å²) in [6, 6.07) is 0.827. The summed E-state index contributed by atoms with van der Waals surface area (Å²) in [6.07, 6.45) is 7.81. The van der Waals surface area contributed by atoms with E-state index in [1.54, 1.807) is 4.90 Å². The molecule has 0 aromatic heterocycles. The molecule has 0 atom stereocenters. The summed E-state index contributed by atoms with van der Waals surface area (Å²) in [6.45, 7) is 3.14. The van der Waals surface area contributed by atoms with Crippen molar-refractivity contribution in [3.63, 3.8) is 0 Å². The lowest BCUT2D eigenvalue weighted by atomic mass is 9.95. The minimum Gasteiger partial charge on any atom is -0.345 e. The fourth-order valence-corrected chi connectivity index (χ4v) is 3.62. The number of rotatable bonds is 4. The van der Waals surface area contributed by atoms with Crippen molar-refractivity contribution < 1.29 is 14.4 Å². The molecule has 24 heavy (non-hydrogen) atoms. The first kappa shape index (κ1) is 17.2. The summed E-state index contributed by atoms with van der Waals surface area (Å²) < 4.78 is 0. The Kier molecular flexibility index (Phi) is 5.71. The van der Waals surface area contributed by atoms with Crippen LogP contribution < -0.4 is 10.6 Å². The summed E-state index contributed by atoms with van der Waals surface area (Å²) in [5.41, 5.74) is 0. The minimum atomic E-state index is -0.703. The second-order valence-corrected chi connectivity index (χ2v) is 7.14. The van der Waals surface area contributed by atoms with E-state index in [9.17, 15) is 14.4 Å². The SMILES string of the molecule is O=C(NCC(=O)N1CCN(C2CC2)CC1)C(=O)NC1CCCCC1. The first-order chi connectivity index (χ1) is 11.6. The van der Waals surface area contributed by atoms with Gasteiger partial charge < -0.3 is 15.5 Å². The maximum Gasteiger partial charge on any atom is 0.309 e. The Labute approximate surface area is 143 Å². The van der Waals surface area contributed by atoms with Gasteiger partial charge in [0.1, 0.15) is 0 Å². The van der Waals surface area contributed by atoms with E-state index in [0.29, 0.717) is 13.1 Å². The monoisotopic (exact) mass is 336 g/mol. The summed E-state index contributed by atoms with van der Waals surface area (Å²) >= 11 is 0. The first-order valence-electron chi connectivity index (χ1n) is 9.24. The van der Waals surface area contributed by atoms with E-state index in [4.69, 9.17) is 0 Å². The highest BCUT2D eigenvalue weighted by molar-refractivity contribution is 6.35. The molecule has 2 aliphatic carbocycles.